The van der Waals surface area contributed by atoms with Crippen molar-refractivity contribution < 1.29 is 0 Å². The summed E-state index contributed by atoms with van der Waals surface area (Å²) < 4.78 is 7.80. The minimum atomic E-state index is 0.122. The Kier molecular flexibility index (Phi) is 6.10. The van der Waals surface area contributed by atoms with Crippen LogP contribution in [0.4, 0.5) is 34.1 Å². The van der Waals surface area contributed by atoms with Gasteiger partial charge in [-0.15, -0.1) is 22.7 Å². The molecule has 0 atom stereocenters. The van der Waals surface area contributed by atoms with E-state index in [1.54, 1.807) is 0 Å². The van der Waals surface area contributed by atoms with Crippen LogP contribution in [0.1, 0.15) is 0 Å². The van der Waals surface area contributed by atoms with Crippen LogP contribution in [0.25, 0.3) is 53.1 Å². The minimum absolute atomic E-state index is 0.122. The number of aryl methyl sites for hydroxylation is 1. The summed E-state index contributed by atoms with van der Waals surface area (Å²) in [5.74, 6) is 0. The molecule has 0 radical (unpaired) electrons. The second-order valence-corrected chi connectivity index (χ2v) is 16.3. The topological polar surface area (TPSA) is 11.4 Å². The Hall–Kier alpha value is -6.08. The summed E-state index contributed by atoms with van der Waals surface area (Å²) in [6.45, 7) is 0.122. The molecule has 5 heterocycles. The van der Waals surface area contributed by atoms with Crippen molar-refractivity contribution in [1.82, 2.24) is 4.57 Å². The Morgan fingerprint density at radius 2 is 1.02 bits per heavy atom. The molecule has 53 heavy (non-hydrogen) atoms. The molecule has 0 unspecified atom stereocenters. The van der Waals surface area contributed by atoms with Gasteiger partial charge in [-0.25, -0.2) is 0 Å². The van der Waals surface area contributed by atoms with Crippen molar-refractivity contribution in [2.75, 3.05) is 9.80 Å². The molecule has 3 aromatic heterocycles. The highest BCUT2D eigenvalue weighted by molar-refractivity contribution is 7.40. The number of thiophene rings is 2. The molecule has 0 amide bonds. The number of rotatable bonds is 3. The van der Waals surface area contributed by atoms with Crippen molar-refractivity contribution in [3.63, 3.8) is 0 Å². The first-order valence-corrected chi connectivity index (χ1v) is 19.8. The number of nitrogens with zero attached hydrogens (tertiary/aromatic N) is 3. The van der Waals surface area contributed by atoms with E-state index in [2.05, 4.69) is 185 Å². The fourth-order valence-corrected chi connectivity index (χ4v) is 11.8. The number of anilines is 6. The van der Waals surface area contributed by atoms with E-state index in [-0.39, 0.29) is 6.71 Å². The summed E-state index contributed by atoms with van der Waals surface area (Å²) in [7, 11) is 2.19. The molecule has 7 aromatic carbocycles. The molecule has 3 nitrogen and oxygen atoms in total. The van der Waals surface area contributed by atoms with Crippen LogP contribution in [-0.2, 0) is 7.05 Å². The Bertz CT molecular complexity index is 3120. The van der Waals surface area contributed by atoms with E-state index in [1.807, 2.05) is 22.7 Å². The van der Waals surface area contributed by atoms with Gasteiger partial charge in [0.05, 0.1) is 17.1 Å². The SMILES string of the molecule is Cn1c2ccccc2c2ccc(-c3ccccc3N3c4cccc5c4B(c4sc6ccccc6c4N5c4ccccc4)c4sc5ccccc5c43)cc21. The minimum Gasteiger partial charge on any atom is -0.344 e. The molecule has 12 rings (SSSR count). The third-order valence-corrected chi connectivity index (χ3v) is 13.8. The molecule has 0 aliphatic carbocycles. The highest BCUT2D eigenvalue weighted by atomic mass is 32.1. The molecule has 248 valence electrons. The maximum Gasteiger partial charge on any atom is 0.277 e. The number of hydrogen-bond donors (Lipinski definition) is 0. The van der Waals surface area contributed by atoms with E-state index >= 15 is 0 Å². The van der Waals surface area contributed by atoms with Crippen molar-refractivity contribution in [2.24, 2.45) is 7.05 Å². The fourth-order valence-electron chi connectivity index (χ4n) is 9.14. The lowest BCUT2D eigenvalue weighted by atomic mass is 9.39. The molecule has 0 saturated carbocycles. The van der Waals surface area contributed by atoms with E-state index in [0.717, 1.165) is 0 Å². The average Bonchev–Trinajstić information content (AvgIpc) is 3.88. The third-order valence-electron chi connectivity index (χ3n) is 11.4. The molecular weight excluding hydrogens is 681 g/mol. The molecule has 6 heteroatoms. The van der Waals surface area contributed by atoms with Crippen molar-refractivity contribution in [3.8, 4) is 11.1 Å². The Labute approximate surface area is 315 Å². The smallest absolute Gasteiger partial charge is 0.277 e. The van der Waals surface area contributed by atoms with Crippen molar-refractivity contribution in [3.05, 3.63) is 164 Å². The monoisotopic (exact) mass is 711 g/mol. The van der Waals surface area contributed by atoms with Gasteiger partial charge in [-0.3, -0.25) is 0 Å². The quantitative estimate of drug-likeness (QED) is 0.169. The van der Waals surface area contributed by atoms with Gasteiger partial charge < -0.3 is 14.4 Å². The summed E-state index contributed by atoms with van der Waals surface area (Å²) in [5, 5.41) is 5.19. The zero-order valence-corrected chi connectivity index (χ0v) is 30.5. The van der Waals surface area contributed by atoms with Crippen LogP contribution in [0, 0.1) is 0 Å². The normalized spacial score (nSPS) is 13.3. The van der Waals surface area contributed by atoms with Crippen LogP contribution >= 0.6 is 22.7 Å². The van der Waals surface area contributed by atoms with Gasteiger partial charge in [-0.05, 0) is 65.6 Å². The van der Waals surface area contributed by atoms with Gasteiger partial charge in [-0.2, -0.15) is 0 Å². The highest BCUT2D eigenvalue weighted by Gasteiger charge is 2.46. The second-order valence-electron chi connectivity index (χ2n) is 14.1. The number of benzene rings is 7. The molecule has 10 aromatic rings. The van der Waals surface area contributed by atoms with Gasteiger partial charge in [-0.1, -0.05) is 109 Å². The van der Waals surface area contributed by atoms with Crippen LogP contribution in [0.3, 0.4) is 0 Å². The number of para-hydroxylation sites is 3. The van der Waals surface area contributed by atoms with Crippen LogP contribution in [0.2, 0.25) is 0 Å². The fraction of sp³-hybridized carbons (Fsp3) is 0.0213. The lowest BCUT2D eigenvalue weighted by Crippen LogP contribution is -2.59. The summed E-state index contributed by atoms with van der Waals surface area (Å²) in [6, 6.07) is 60.6. The lowest BCUT2D eigenvalue weighted by Gasteiger charge is -2.42. The Morgan fingerprint density at radius 3 is 1.77 bits per heavy atom. The van der Waals surface area contributed by atoms with E-state index in [0.29, 0.717) is 0 Å². The van der Waals surface area contributed by atoms with Crippen molar-refractivity contribution >= 4 is 121 Å². The first kappa shape index (κ1) is 29.5. The average molecular weight is 712 g/mol. The van der Waals surface area contributed by atoms with Gasteiger partial charge in [0.1, 0.15) is 0 Å². The van der Waals surface area contributed by atoms with Crippen LogP contribution in [-0.4, -0.2) is 11.3 Å². The first-order chi connectivity index (χ1) is 26.2. The first-order valence-electron chi connectivity index (χ1n) is 18.1. The summed E-state index contributed by atoms with van der Waals surface area (Å²) in [6.07, 6.45) is 0. The maximum absolute atomic E-state index is 2.59. The van der Waals surface area contributed by atoms with Crippen LogP contribution in [0.15, 0.2) is 164 Å². The van der Waals surface area contributed by atoms with Gasteiger partial charge in [0, 0.05) is 81.2 Å². The van der Waals surface area contributed by atoms with E-state index < -0.39 is 0 Å². The third kappa shape index (κ3) is 4.00. The van der Waals surface area contributed by atoms with Crippen LogP contribution in [0.5, 0.6) is 0 Å². The number of hydrogen-bond acceptors (Lipinski definition) is 4. The van der Waals surface area contributed by atoms with Crippen LogP contribution < -0.4 is 24.8 Å². The predicted molar refractivity (Wildman–Crippen MR) is 231 cm³/mol. The van der Waals surface area contributed by atoms with Crippen molar-refractivity contribution in [1.29, 1.82) is 0 Å². The van der Waals surface area contributed by atoms with E-state index in [4.69, 9.17) is 0 Å². The molecule has 0 bridgehead atoms. The molecule has 2 aliphatic heterocycles. The van der Waals surface area contributed by atoms with Crippen molar-refractivity contribution in [2.45, 2.75) is 0 Å². The van der Waals surface area contributed by atoms with Gasteiger partial charge in [0.25, 0.3) is 6.71 Å². The lowest BCUT2D eigenvalue weighted by molar-refractivity contribution is 1.01. The Balaban J connectivity index is 1.16. The number of aromatic nitrogens is 1. The molecule has 0 fully saturated rings. The van der Waals surface area contributed by atoms with E-state index in [1.165, 1.54) is 102 Å². The standard InChI is InChI=1S/C47H30BN3S2/c1-49-36-20-9-6-17-32(36)33-27-26-29(28-40(33)49)31-16-5-10-21-37(31)51-39-23-13-22-38-43(39)48(47-45(51)35-19-8-12-25-42(35)53-47)46-44(34-18-7-11-24-41(34)52-46)50(38)30-14-3-2-4-15-30/h2-28H,1H3. The van der Waals surface area contributed by atoms with Gasteiger partial charge >= 0.3 is 0 Å². The molecule has 2 aliphatic rings. The second kappa shape index (κ2) is 11.0. The molecule has 0 spiro atoms. The highest BCUT2D eigenvalue weighted by Crippen LogP contribution is 2.51. The molecule has 0 N–H and O–H groups in total. The molecular formula is C47H30BN3S2. The van der Waals surface area contributed by atoms with Gasteiger partial charge in [0.2, 0.25) is 0 Å². The van der Waals surface area contributed by atoms with Gasteiger partial charge in [0.15, 0.2) is 0 Å². The molecule has 0 saturated heterocycles. The summed E-state index contributed by atoms with van der Waals surface area (Å²) >= 11 is 3.91. The van der Waals surface area contributed by atoms with E-state index in [9.17, 15) is 0 Å². The zero-order chi connectivity index (χ0) is 34.8. The number of fused-ring (bicyclic) bond motifs is 11. The maximum atomic E-state index is 2.59. The Morgan fingerprint density at radius 1 is 0.453 bits per heavy atom. The zero-order valence-electron chi connectivity index (χ0n) is 28.8. The summed E-state index contributed by atoms with van der Waals surface area (Å²) in [4.78, 5) is 5.12. The largest absolute Gasteiger partial charge is 0.344 e. The predicted octanol–water partition coefficient (Wildman–Crippen LogP) is 11.5. The summed E-state index contributed by atoms with van der Waals surface area (Å²) in [5.41, 5.74) is 13.8.